The summed E-state index contributed by atoms with van der Waals surface area (Å²) in [5.41, 5.74) is 0.913. The number of hydrogen-bond acceptors (Lipinski definition) is 5. The molecule has 0 saturated heterocycles. The summed E-state index contributed by atoms with van der Waals surface area (Å²) in [6.07, 6.45) is 3.98. The number of pyridine rings is 1. The summed E-state index contributed by atoms with van der Waals surface area (Å²) in [6.45, 7) is 4.53. The van der Waals surface area contributed by atoms with Crippen LogP contribution in [0.2, 0.25) is 0 Å². The van der Waals surface area contributed by atoms with Crippen LogP contribution in [0.4, 0.5) is 0 Å². The van der Waals surface area contributed by atoms with Crippen molar-refractivity contribution >= 4 is 17.2 Å². The van der Waals surface area contributed by atoms with Crippen LogP contribution in [0.1, 0.15) is 40.1 Å². The van der Waals surface area contributed by atoms with E-state index in [2.05, 4.69) is 29.1 Å². The fourth-order valence-corrected chi connectivity index (χ4v) is 2.84. The molecule has 5 nitrogen and oxygen atoms in total. The Kier molecular flexibility index (Phi) is 6.03. The van der Waals surface area contributed by atoms with Gasteiger partial charge in [0.05, 0.1) is 11.2 Å². The molecule has 2 N–H and O–H groups in total. The van der Waals surface area contributed by atoms with Crippen LogP contribution in [0.3, 0.4) is 0 Å². The summed E-state index contributed by atoms with van der Waals surface area (Å²) < 4.78 is 0. The minimum atomic E-state index is -0.135. The van der Waals surface area contributed by atoms with Crippen molar-refractivity contribution in [3.63, 3.8) is 0 Å². The van der Waals surface area contributed by atoms with Gasteiger partial charge in [-0.05, 0) is 18.6 Å². The molecule has 0 bridgehead atoms. The van der Waals surface area contributed by atoms with Crippen molar-refractivity contribution in [1.82, 2.24) is 15.3 Å². The van der Waals surface area contributed by atoms with Crippen molar-refractivity contribution in [3.05, 3.63) is 46.2 Å². The largest absolute Gasteiger partial charge is 0.396 e. The monoisotopic (exact) mass is 319 g/mol. The molecule has 0 radical (unpaired) electrons. The highest BCUT2D eigenvalue weighted by Gasteiger charge is 2.15. The number of nitrogens with zero attached hydrogens (tertiary/aromatic N) is 2. The topological polar surface area (TPSA) is 75.1 Å². The van der Waals surface area contributed by atoms with Crippen LogP contribution < -0.4 is 5.32 Å². The molecule has 22 heavy (non-hydrogen) atoms. The predicted octanol–water partition coefficient (Wildman–Crippen LogP) is 2.24. The number of aliphatic hydroxyl groups is 1. The average molecular weight is 319 g/mol. The van der Waals surface area contributed by atoms with E-state index in [4.69, 9.17) is 0 Å². The summed E-state index contributed by atoms with van der Waals surface area (Å²) >= 11 is 1.41. The molecule has 0 aromatic carbocycles. The Labute approximate surface area is 134 Å². The summed E-state index contributed by atoms with van der Waals surface area (Å²) in [4.78, 5) is 21.2. The second kappa shape index (κ2) is 8.00. The number of thiazole rings is 1. The fourth-order valence-electron chi connectivity index (χ4n) is 2.00. The van der Waals surface area contributed by atoms with Crippen molar-refractivity contribution in [3.8, 4) is 0 Å². The number of aromatic nitrogens is 2. The number of carbonyl (C=O) groups is 1. The van der Waals surface area contributed by atoms with Gasteiger partial charge in [-0.3, -0.25) is 9.78 Å². The highest BCUT2D eigenvalue weighted by atomic mass is 32.1. The Bertz CT molecular complexity index is 598. The van der Waals surface area contributed by atoms with Crippen LogP contribution in [0, 0.1) is 5.92 Å². The third-order valence-corrected chi connectivity index (χ3v) is 4.57. The molecule has 2 aromatic rings. The SMILES string of the molecule is CC(C)c1ncc(C(=O)NCC(CO)Cc2ccccn2)s1. The van der Waals surface area contributed by atoms with E-state index in [9.17, 15) is 9.90 Å². The van der Waals surface area contributed by atoms with Crippen LogP contribution in [-0.4, -0.2) is 34.1 Å². The second-order valence-electron chi connectivity index (χ2n) is 5.50. The molecule has 0 fully saturated rings. The Morgan fingerprint density at radius 2 is 2.18 bits per heavy atom. The molecule has 2 aromatic heterocycles. The second-order valence-corrected chi connectivity index (χ2v) is 6.56. The first-order chi connectivity index (χ1) is 10.6. The molecule has 6 heteroatoms. The van der Waals surface area contributed by atoms with E-state index in [0.717, 1.165) is 10.7 Å². The van der Waals surface area contributed by atoms with Gasteiger partial charge in [-0.1, -0.05) is 19.9 Å². The van der Waals surface area contributed by atoms with Gasteiger partial charge in [0.1, 0.15) is 4.88 Å². The molecule has 118 valence electrons. The lowest BCUT2D eigenvalue weighted by molar-refractivity contribution is 0.0943. The number of rotatable bonds is 7. The normalized spacial score (nSPS) is 12.4. The Morgan fingerprint density at radius 1 is 1.36 bits per heavy atom. The highest BCUT2D eigenvalue weighted by molar-refractivity contribution is 7.13. The first-order valence-corrected chi connectivity index (χ1v) is 8.16. The van der Waals surface area contributed by atoms with Gasteiger partial charge in [-0.15, -0.1) is 11.3 Å². The molecule has 2 rings (SSSR count). The summed E-state index contributed by atoms with van der Waals surface area (Å²) in [5, 5.41) is 13.3. The lowest BCUT2D eigenvalue weighted by atomic mass is 10.0. The zero-order chi connectivity index (χ0) is 15.9. The van der Waals surface area contributed by atoms with Crippen molar-refractivity contribution < 1.29 is 9.90 Å². The van der Waals surface area contributed by atoms with Crippen LogP contribution in [-0.2, 0) is 6.42 Å². The molecular formula is C16H21N3O2S. The number of nitrogens with one attached hydrogen (secondary N) is 1. The smallest absolute Gasteiger partial charge is 0.263 e. The Hall–Kier alpha value is -1.79. The Morgan fingerprint density at radius 3 is 2.77 bits per heavy atom. The number of carbonyl (C=O) groups excluding carboxylic acids is 1. The van der Waals surface area contributed by atoms with Gasteiger partial charge in [0.15, 0.2) is 0 Å². The van der Waals surface area contributed by atoms with Crippen LogP contribution in [0.25, 0.3) is 0 Å². The predicted molar refractivity (Wildman–Crippen MR) is 87.1 cm³/mol. The standard InChI is InChI=1S/C16H21N3O2S/c1-11(2)16-19-9-14(22-16)15(21)18-8-12(10-20)7-13-5-3-4-6-17-13/h3-6,9,11-12,20H,7-8,10H2,1-2H3,(H,18,21). The lowest BCUT2D eigenvalue weighted by Crippen LogP contribution is -2.31. The van der Waals surface area contributed by atoms with Gasteiger partial charge in [-0.25, -0.2) is 4.98 Å². The van der Waals surface area contributed by atoms with Gasteiger partial charge >= 0.3 is 0 Å². The number of amides is 1. The Balaban J connectivity index is 1.88. The molecule has 0 aliphatic carbocycles. The van der Waals surface area contributed by atoms with E-state index < -0.39 is 0 Å². The summed E-state index contributed by atoms with van der Waals surface area (Å²) in [5.74, 6) is 0.140. The van der Waals surface area contributed by atoms with Crippen molar-refractivity contribution in [2.75, 3.05) is 13.2 Å². The van der Waals surface area contributed by atoms with E-state index in [1.807, 2.05) is 18.2 Å². The third-order valence-electron chi connectivity index (χ3n) is 3.27. The number of hydrogen-bond donors (Lipinski definition) is 2. The molecular weight excluding hydrogens is 298 g/mol. The van der Waals surface area contributed by atoms with E-state index in [-0.39, 0.29) is 18.4 Å². The van der Waals surface area contributed by atoms with Gasteiger partial charge in [-0.2, -0.15) is 0 Å². The van der Waals surface area contributed by atoms with E-state index in [1.54, 1.807) is 12.4 Å². The third kappa shape index (κ3) is 4.61. The zero-order valence-electron chi connectivity index (χ0n) is 12.8. The lowest BCUT2D eigenvalue weighted by Gasteiger charge is -2.14. The van der Waals surface area contributed by atoms with Gasteiger partial charge < -0.3 is 10.4 Å². The maximum Gasteiger partial charge on any atom is 0.263 e. The summed E-state index contributed by atoms with van der Waals surface area (Å²) in [7, 11) is 0. The first-order valence-electron chi connectivity index (χ1n) is 7.34. The average Bonchev–Trinajstić information content (AvgIpc) is 3.02. The minimum Gasteiger partial charge on any atom is -0.396 e. The van der Waals surface area contributed by atoms with Gasteiger partial charge in [0.2, 0.25) is 0 Å². The number of aliphatic hydroxyl groups excluding tert-OH is 1. The first kappa shape index (κ1) is 16.6. The molecule has 0 spiro atoms. The fraction of sp³-hybridized carbons (Fsp3) is 0.438. The summed E-state index contributed by atoms with van der Waals surface area (Å²) in [6, 6.07) is 5.69. The van der Waals surface area contributed by atoms with Crippen LogP contribution in [0.5, 0.6) is 0 Å². The van der Waals surface area contributed by atoms with Crippen molar-refractivity contribution in [2.24, 2.45) is 5.92 Å². The maximum absolute atomic E-state index is 12.1. The van der Waals surface area contributed by atoms with Gasteiger partial charge in [0, 0.05) is 36.9 Å². The molecule has 1 unspecified atom stereocenters. The molecule has 0 saturated carbocycles. The van der Waals surface area contributed by atoms with Crippen molar-refractivity contribution in [1.29, 1.82) is 0 Å². The molecule has 1 amide bonds. The van der Waals surface area contributed by atoms with Crippen LogP contribution >= 0.6 is 11.3 Å². The van der Waals surface area contributed by atoms with E-state index >= 15 is 0 Å². The minimum absolute atomic E-state index is 0.0107. The maximum atomic E-state index is 12.1. The van der Waals surface area contributed by atoms with E-state index in [1.165, 1.54) is 11.3 Å². The molecule has 0 aliphatic heterocycles. The van der Waals surface area contributed by atoms with Gasteiger partial charge in [0.25, 0.3) is 5.91 Å². The molecule has 2 heterocycles. The molecule has 0 aliphatic rings. The zero-order valence-corrected chi connectivity index (χ0v) is 13.6. The highest BCUT2D eigenvalue weighted by Crippen LogP contribution is 2.20. The quantitative estimate of drug-likeness (QED) is 0.821. The van der Waals surface area contributed by atoms with E-state index in [0.29, 0.717) is 23.8 Å². The molecule has 1 atom stereocenters. The van der Waals surface area contributed by atoms with Crippen molar-refractivity contribution in [2.45, 2.75) is 26.2 Å². The van der Waals surface area contributed by atoms with Crippen LogP contribution in [0.15, 0.2) is 30.6 Å².